The van der Waals surface area contributed by atoms with Crippen LogP contribution >= 0.6 is 0 Å². The molecule has 0 radical (unpaired) electrons. The summed E-state index contributed by atoms with van der Waals surface area (Å²) in [5.41, 5.74) is -0.275. The molecule has 0 aliphatic heterocycles. The Kier molecular flexibility index (Phi) is 6.60. The van der Waals surface area contributed by atoms with E-state index in [0.29, 0.717) is 11.3 Å². The van der Waals surface area contributed by atoms with E-state index < -0.39 is 36.3 Å². The molecule has 0 heterocycles. The fraction of sp³-hybridized carbons (Fsp3) is 0.211. The van der Waals surface area contributed by atoms with Gasteiger partial charge in [0.25, 0.3) is 5.91 Å². The van der Waals surface area contributed by atoms with E-state index >= 15 is 0 Å². The van der Waals surface area contributed by atoms with Gasteiger partial charge in [-0.15, -0.1) is 0 Å². The Morgan fingerprint density at radius 1 is 1.11 bits per heavy atom. The van der Waals surface area contributed by atoms with Gasteiger partial charge in [0.15, 0.2) is 12.7 Å². The second kappa shape index (κ2) is 8.90. The molecule has 0 aliphatic rings. The third-order valence-corrected chi connectivity index (χ3v) is 3.50. The normalized spacial score (nSPS) is 11.8. The number of benzene rings is 2. The summed E-state index contributed by atoms with van der Waals surface area (Å²) >= 11 is 0. The Labute approximate surface area is 158 Å². The fourth-order valence-electron chi connectivity index (χ4n) is 2.04. The maximum atomic E-state index is 12.5. The maximum absolute atomic E-state index is 12.5. The van der Waals surface area contributed by atoms with Crippen LogP contribution in [-0.4, -0.2) is 24.6 Å². The summed E-state index contributed by atoms with van der Waals surface area (Å²) in [6.45, 7) is 0.864. The van der Waals surface area contributed by atoms with E-state index in [2.05, 4.69) is 5.32 Å². The van der Waals surface area contributed by atoms with Gasteiger partial charge < -0.3 is 14.8 Å². The first-order chi connectivity index (χ1) is 13.2. The van der Waals surface area contributed by atoms with Crippen LogP contribution in [0.4, 0.5) is 18.9 Å². The van der Waals surface area contributed by atoms with Crippen LogP contribution in [0.15, 0.2) is 48.5 Å². The molecule has 0 saturated heterocycles. The van der Waals surface area contributed by atoms with Crippen molar-refractivity contribution in [1.82, 2.24) is 0 Å². The molecule has 28 heavy (non-hydrogen) atoms. The molecule has 0 bridgehead atoms. The number of hydrogen-bond donors (Lipinski definition) is 1. The molecular weight excluding hydrogens is 377 g/mol. The molecular formula is C19H15F3N2O4. The quantitative estimate of drug-likeness (QED) is 0.760. The molecule has 9 heteroatoms. The highest BCUT2D eigenvalue weighted by Gasteiger charge is 2.30. The van der Waals surface area contributed by atoms with E-state index in [4.69, 9.17) is 14.7 Å². The lowest BCUT2D eigenvalue weighted by Gasteiger charge is -2.14. The minimum atomic E-state index is -4.47. The third kappa shape index (κ3) is 6.02. The van der Waals surface area contributed by atoms with Crippen LogP contribution in [0.5, 0.6) is 5.75 Å². The Balaban J connectivity index is 1.82. The minimum Gasteiger partial charge on any atom is -0.482 e. The first-order valence-corrected chi connectivity index (χ1v) is 7.99. The van der Waals surface area contributed by atoms with Crippen LogP contribution in [0, 0.1) is 11.3 Å². The molecule has 1 amide bonds. The maximum Gasteiger partial charge on any atom is 0.416 e. The van der Waals surface area contributed by atoms with Gasteiger partial charge in [-0.3, -0.25) is 4.79 Å². The highest BCUT2D eigenvalue weighted by Crippen LogP contribution is 2.29. The van der Waals surface area contributed by atoms with Crippen molar-refractivity contribution in [3.63, 3.8) is 0 Å². The fourth-order valence-corrected chi connectivity index (χ4v) is 2.04. The molecule has 2 aromatic carbocycles. The zero-order valence-corrected chi connectivity index (χ0v) is 14.6. The van der Waals surface area contributed by atoms with Gasteiger partial charge in [-0.25, -0.2) is 4.79 Å². The number of hydrogen-bond acceptors (Lipinski definition) is 5. The van der Waals surface area contributed by atoms with Crippen LogP contribution in [0.3, 0.4) is 0 Å². The molecule has 0 unspecified atom stereocenters. The van der Waals surface area contributed by atoms with Crippen molar-refractivity contribution in [1.29, 1.82) is 5.26 Å². The van der Waals surface area contributed by atoms with Crippen LogP contribution < -0.4 is 10.1 Å². The number of ether oxygens (including phenoxy) is 2. The second-order valence-corrected chi connectivity index (χ2v) is 5.62. The average Bonchev–Trinajstić information content (AvgIpc) is 2.66. The van der Waals surface area contributed by atoms with Gasteiger partial charge in [-0.2, -0.15) is 18.4 Å². The number of carbonyl (C=O) groups is 2. The summed E-state index contributed by atoms with van der Waals surface area (Å²) in [6, 6.07) is 11.8. The van der Waals surface area contributed by atoms with E-state index in [0.717, 1.165) is 24.3 Å². The van der Waals surface area contributed by atoms with Crippen molar-refractivity contribution in [3.8, 4) is 11.8 Å². The largest absolute Gasteiger partial charge is 0.482 e. The lowest BCUT2D eigenvalue weighted by Crippen LogP contribution is -2.31. The van der Waals surface area contributed by atoms with Gasteiger partial charge >= 0.3 is 12.1 Å². The van der Waals surface area contributed by atoms with Crippen LogP contribution in [-0.2, 0) is 20.5 Å². The Bertz CT molecular complexity index is 872. The van der Waals surface area contributed by atoms with Gasteiger partial charge in [0.1, 0.15) is 5.75 Å². The standard InChI is InChI=1S/C19H15F3N2O4/c1-12(18(26)24-15-6-4-14(5-7-15)19(20,21)22)28-17(25)11-27-16-8-2-13(10-23)3-9-16/h2-9,12H,11H2,1H3,(H,24,26)/t12-/m0/s1. The van der Waals surface area contributed by atoms with Gasteiger partial charge in [-0.1, -0.05) is 0 Å². The molecule has 0 spiro atoms. The molecule has 1 atom stereocenters. The third-order valence-electron chi connectivity index (χ3n) is 3.50. The summed E-state index contributed by atoms with van der Waals surface area (Å²) in [5, 5.41) is 11.1. The second-order valence-electron chi connectivity index (χ2n) is 5.62. The molecule has 2 rings (SSSR count). The molecule has 0 fully saturated rings. The van der Waals surface area contributed by atoms with Gasteiger partial charge in [-0.05, 0) is 55.5 Å². The number of nitriles is 1. The van der Waals surface area contributed by atoms with E-state index in [1.807, 2.05) is 6.07 Å². The van der Waals surface area contributed by atoms with Crippen LogP contribution in [0.25, 0.3) is 0 Å². The van der Waals surface area contributed by atoms with E-state index in [1.54, 1.807) is 0 Å². The number of esters is 1. The van der Waals surface area contributed by atoms with Crippen molar-refractivity contribution < 1.29 is 32.2 Å². The first kappa shape index (κ1) is 20.8. The number of alkyl halides is 3. The molecule has 0 saturated carbocycles. The number of rotatable bonds is 6. The molecule has 6 nitrogen and oxygen atoms in total. The highest BCUT2D eigenvalue weighted by molar-refractivity contribution is 5.95. The summed E-state index contributed by atoms with van der Waals surface area (Å²) in [7, 11) is 0. The van der Waals surface area contributed by atoms with Gasteiger partial charge in [0, 0.05) is 5.69 Å². The van der Waals surface area contributed by atoms with Crippen LogP contribution in [0.1, 0.15) is 18.1 Å². The van der Waals surface area contributed by atoms with E-state index in [9.17, 15) is 22.8 Å². The van der Waals surface area contributed by atoms with Crippen molar-refractivity contribution >= 4 is 17.6 Å². The lowest BCUT2D eigenvalue weighted by atomic mass is 10.2. The predicted octanol–water partition coefficient (Wildman–Crippen LogP) is 3.53. The summed E-state index contributed by atoms with van der Waals surface area (Å²) in [6.07, 6.45) is -5.65. The smallest absolute Gasteiger partial charge is 0.416 e. The Morgan fingerprint density at radius 2 is 1.71 bits per heavy atom. The molecule has 1 N–H and O–H groups in total. The van der Waals surface area contributed by atoms with Gasteiger partial charge in [0.2, 0.25) is 0 Å². The van der Waals surface area contributed by atoms with Crippen molar-refractivity contribution in [2.45, 2.75) is 19.2 Å². The number of nitrogens with one attached hydrogen (secondary N) is 1. The number of halogens is 3. The Hall–Kier alpha value is -3.54. The van der Waals surface area contributed by atoms with Crippen molar-refractivity contribution in [3.05, 3.63) is 59.7 Å². The summed E-state index contributed by atoms with van der Waals surface area (Å²) < 4.78 is 47.7. The number of nitrogens with zero attached hydrogens (tertiary/aromatic N) is 1. The highest BCUT2D eigenvalue weighted by atomic mass is 19.4. The number of anilines is 1. The van der Waals surface area contributed by atoms with E-state index in [-0.39, 0.29) is 5.69 Å². The average molecular weight is 392 g/mol. The van der Waals surface area contributed by atoms with Crippen molar-refractivity contribution in [2.75, 3.05) is 11.9 Å². The zero-order chi connectivity index (χ0) is 20.7. The lowest BCUT2D eigenvalue weighted by molar-refractivity contribution is -0.155. The minimum absolute atomic E-state index is 0.134. The van der Waals surface area contributed by atoms with Crippen molar-refractivity contribution in [2.24, 2.45) is 0 Å². The Morgan fingerprint density at radius 3 is 2.25 bits per heavy atom. The first-order valence-electron chi connectivity index (χ1n) is 7.99. The van der Waals surface area contributed by atoms with Crippen LogP contribution in [0.2, 0.25) is 0 Å². The van der Waals surface area contributed by atoms with E-state index in [1.165, 1.54) is 31.2 Å². The number of amides is 1. The van der Waals surface area contributed by atoms with Gasteiger partial charge in [0.05, 0.1) is 17.2 Å². The summed E-state index contributed by atoms with van der Waals surface area (Å²) in [4.78, 5) is 23.7. The molecule has 2 aromatic rings. The predicted molar refractivity (Wildman–Crippen MR) is 92.3 cm³/mol. The molecule has 146 valence electrons. The number of carbonyl (C=O) groups excluding carboxylic acids is 2. The monoisotopic (exact) mass is 392 g/mol. The summed E-state index contributed by atoms with van der Waals surface area (Å²) in [5.74, 6) is -1.16. The molecule has 0 aromatic heterocycles. The topological polar surface area (TPSA) is 88.4 Å². The molecule has 0 aliphatic carbocycles. The SMILES string of the molecule is C[C@H](OC(=O)COc1ccc(C#N)cc1)C(=O)Nc1ccc(C(F)(F)F)cc1. The zero-order valence-electron chi connectivity index (χ0n) is 14.6.